The Bertz CT molecular complexity index is 400. The van der Waals surface area contributed by atoms with E-state index in [0.717, 1.165) is 38.2 Å². The Morgan fingerprint density at radius 3 is 2.67 bits per heavy atom. The zero-order chi connectivity index (χ0) is 13.1. The van der Waals surface area contributed by atoms with E-state index in [0.29, 0.717) is 6.04 Å². The molecule has 0 bridgehead atoms. The molecule has 4 heteroatoms. The number of nitrogens with two attached hydrogens (primary N) is 1. The van der Waals surface area contributed by atoms with Crippen LogP contribution in [0.15, 0.2) is 18.2 Å². The van der Waals surface area contributed by atoms with Crippen LogP contribution < -0.4 is 10.6 Å². The van der Waals surface area contributed by atoms with Crippen molar-refractivity contribution in [2.75, 3.05) is 37.3 Å². The minimum absolute atomic E-state index is 0.262. The van der Waals surface area contributed by atoms with Gasteiger partial charge in [-0.15, -0.1) is 0 Å². The zero-order valence-electron chi connectivity index (χ0n) is 11.2. The van der Waals surface area contributed by atoms with Gasteiger partial charge in [0.25, 0.3) is 0 Å². The van der Waals surface area contributed by atoms with E-state index in [1.165, 1.54) is 6.07 Å². The summed E-state index contributed by atoms with van der Waals surface area (Å²) in [6.07, 6.45) is 2.22. The van der Waals surface area contributed by atoms with Gasteiger partial charge in [-0.2, -0.15) is 0 Å². The van der Waals surface area contributed by atoms with Gasteiger partial charge in [0.1, 0.15) is 5.82 Å². The van der Waals surface area contributed by atoms with E-state index in [4.69, 9.17) is 5.73 Å². The fraction of sp³-hybridized carbons (Fsp3) is 0.571. The quantitative estimate of drug-likeness (QED) is 0.837. The molecule has 18 heavy (non-hydrogen) atoms. The van der Waals surface area contributed by atoms with Gasteiger partial charge in [-0.3, -0.25) is 0 Å². The Balaban J connectivity index is 2.08. The first-order valence-corrected chi connectivity index (χ1v) is 6.62. The van der Waals surface area contributed by atoms with Crippen molar-refractivity contribution in [2.45, 2.75) is 25.8 Å². The molecular weight excluding hydrogens is 229 g/mol. The zero-order valence-corrected chi connectivity index (χ0v) is 11.2. The van der Waals surface area contributed by atoms with Gasteiger partial charge < -0.3 is 15.5 Å². The SMILES string of the molecule is CCN1CCC(N(C)c2cccc(F)c2N)CC1. The maximum atomic E-state index is 13.5. The second-order valence-electron chi connectivity index (χ2n) is 4.95. The minimum Gasteiger partial charge on any atom is -0.395 e. The lowest BCUT2D eigenvalue weighted by atomic mass is 10.0. The van der Waals surface area contributed by atoms with Crippen molar-refractivity contribution < 1.29 is 4.39 Å². The fourth-order valence-corrected chi connectivity index (χ4v) is 2.65. The van der Waals surface area contributed by atoms with Gasteiger partial charge in [0.15, 0.2) is 0 Å². The predicted octanol–water partition coefficient (Wildman–Crippen LogP) is 2.33. The average molecular weight is 251 g/mol. The number of likely N-dealkylation sites (tertiary alicyclic amines) is 1. The lowest BCUT2D eigenvalue weighted by Crippen LogP contribution is -2.43. The molecular formula is C14H22FN3. The van der Waals surface area contributed by atoms with Gasteiger partial charge >= 0.3 is 0 Å². The summed E-state index contributed by atoms with van der Waals surface area (Å²) in [4.78, 5) is 4.57. The standard InChI is InChI=1S/C14H22FN3/c1-3-18-9-7-11(8-10-18)17(2)13-6-4-5-12(15)14(13)16/h4-6,11H,3,7-10,16H2,1-2H3. The highest BCUT2D eigenvalue weighted by atomic mass is 19.1. The molecule has 1 aromatic carbocycles. The van der Waals surface area contributed by atoms with Gasteiger partial charge in [0.05, 0.1) is 11.4 Å². The number of nitrogen functional groups attached to an aromatic ring is 1. The highest BCUT2D eigenvalue weighted by Crippen LogP contribution is 2.28. The van der Waals surface area contributed by atoms with E-state index in [1.54, 1.807) is 6.07 Å². The van der Waals surface area contributed by atoms with Gasteiger partial charge in [-0.1, -0.05) is 13.0 Å². The number of rotatable bonds is 3. The monoisotopic (exact) mass is 251 g/mol. The van der Waals surface area contributed by atoms with Gasteiger partial charge in [-0.05, 0) is 31.5 Å². The molecule has 1 aliphatic heterocycles. The molecule has 3 nitrogen and oxygen atoms in total. The van der Waals surface area contributed by atoms with E-state index in [-0.39, 0.29) is 11.5 Å². The second kappa shape index (κ2) is 5.57. The van der Waals surface area contributed by atoms with Crippen LogP contribution in [0, 0.1) is 5.82 Å². The van der Waals surface area contributed by atoms with Gasteiger partial charge in [0, 0.05) is 26.2 Å². The van der Waals surface area contributed by atoms with Crippen LogP contribution >= 0.6 is 0 Å². The van der Waals surface area contributed by atoms with Crippen LogP contribution in [-0.2, 0) is 0 Å². The van der Waals surface area contributed by atoms with E-state index >= 15 is 0 Å². The third-order valence-corrected chi connectivity index (χ3v) is 3.96. The highest BCUT2D eigenvalue weighted by molar-refractivity contribution is 5.68. The van der Waals surface area contributed by atoms with Crippen molar-refractivity contribution in [1.82, 2.24) is 4.90 Å². The summed E-state index contributed by atoms with van der Waals surface area (Å²) in [5.41, 5.74) is 6.89. The Labute approximate surface area is 108 Å². The number of piperidine rings is 1. The molecule has 1 aliphatic rings. The maximum Gasteiger partial charge on any atom is 0.148 e. The molecule has 0 unspecified atom stereocenters. The van der Waals surface area contributed by atoms with Crippen molar-refractivity contribution in [3.8, 4) is 0 Å². The number of anilines is 2. The molecule has 0 atom stereocenters. The number of benzene rings is 1. The summed E-state index contributed by atoms with van der Waals surface area (Å²) in [5, 5.41) is 0. The Kier molecular flexibility index (Phi) is 4.07. The van der Waals surface area contributed by atoms with E-state index in [1.807, 2.05) is 13.1 Å². The predicted molar refractivity (Wildman–Crippen MR) is 74.4 cm³/mol. The third-order valence-electron chi connectivity index (χ3n) is 3.96. The van der Waals surface area contributed by atoms with Crippen molar-refractivity contribution in [3.05, 3.63) is 24.0 Å². The van der Waals surface area contributed by atoms with Crippen LogP contribution in [0.25, 0.3) is 0 Å². The smallest absolute Gasteiger partial charge is 0.148 e. The number of halogens is 1. The summed E-state index contributed by atoms with van der Waals surface area (Å²) in [6, 6.07) is 5.48. The Hall–Kier alpha value is -1.29. The topological polar surface area (TPSA) is 32.5 Å². The number of hydrogen-bond acceptors (Lipinski definition) is 3. The van der Waals surface area contributed by atoms with Crippen LogP contribution in [-0.4, -0.2) is 37.6 Å². The molecule has 1 fully saturated rings. The van der Waals surface area contributed by atoms with Crippen LogP contribution in [0.1, 0.15) is 19.8 Å². The first-order valence-electron chi connectivity index (χ1n) is 6.62. The average Bonchev–Trinajstić information content (AvgIpc) is 2.41. The van der Waals surface area contributed by atoms with Crippen molar-refractivity contribution in [3.63, 3.8) is 0 Å². The Morgan fingerprint density at radius 2 is 2.06 bits per heavy atom. The molecule has 1 aromatic rings. The minimum atomic E-state index is -0.328. The number of nitrogens with zero attached hydrogens (tertiary/aromatic N) is 2. The molecule has 0 aromatic heterocycles. The third kappa shape index (κ3) is 2.58. The summed E-state index contributed by atoms with van der Waals surface area (Å²) in [6.45, 7) is 5.52. The largest absolute Gasteiger partial charge is 0.395 e. The normalized spacial score (nSPS) is 17.9. The molecule has 100 valence electrons. The summed E-state index contributed by atoms with van der Waals surface area (Å²) in [7, 11) is 2.01. The van der Waals surface area contributed by atoms with Gasteiger partial charge in [-0.25, -0.2) is 4.39 Å². The van der Waals surface area contributed by atoms with E-state index in [2.05, 4.69) is 16.7 Å². The molecule has 0 radical (unpaired) electrons. The van der Waals surface area contributed by atoms with Crippen LogP contribution in [0.5, 0.6) is 0 Å². The molecule has 0 saturated carbocycles. The van der Waals surface area contributed by atoms with Crippen molar-refractivity contribution in [1.29, 1.82) is 0 Å². The number of hydrogen-bond donors (Lipinski definition) is 1. The first kappa shape index (κ1) is 13.1. The number of para-hydroxylation sites is 1. The van der Waals surface area contributed by atoms with Crippen LogP contribution in [0.4, 0.5) is 15.8 Å². The highest BCUT2D eigenvalue weighted by Gasteiger charge is 2.23. The lowest BCUT2D eigenvalue weighted by Gasteiger charge is -2.37. The molecule has 1 heterocycles. The lowest BCUT2D eigenvalue weighted by molar-refractivity contribution is 0.221. The van der Waals surface area contributed by atoms with Crippen molar-refractivity contribution in [2.24, 2.45) is 0 Å². The van der Waals surface area contributed by atoms with Crippen molar-refractivity contribution >= 4 is 11.4 Å². The molecule has 2 rings (SSSR count). The molecule has 1 saturated heterocycles. The molecule has 0 spiro atoms. The molecule has 0 amide bonds. The summed E-state index contributed by atoms with van der Waals surface area (Å²) in [5.74, 6) is -0.328. The summed E-state index contributed by atoms with van der Waals surface area (Å²) < 4.78 is 13.5. The maximum absolute atomic E-state index is 13.5. The second-order valence-corrected chi connectivity index (χ2v) is 4.95. The first-order chi connectivity index (χ1) is 8.63. The fourth-order valence-electron chi connectivity index (χ4n) is 2.65. The van der Waals surface area contributed by atoms with E-state index in [9.17, 15) is 4.39 Å². The Morgan fingerprint density at radius 1 is 1.39 bits per heavy atom. The van der Waals surface area contributed by atoms with Gasteiger partial charge in [0.2, 0.25) is 0 Å². The van der Waals surface area contributed by atoms with Crippen LogP contribution in [0.2, 0.25) is 0 Å². The van der Waals surface area contributed by atoms with E-state index < -0.39 is 0 Å². The van der Waals surface area contributed by atoms with Crippen LogP contribution in [0.3, 0.4) is 0 Å². The molecule has 2 N–H and O–H groups in total. The molecule has 0 aliphatic carbocycles. The summed E-state index contributed by atoms with van der Waals surface area (Å²) >= 11 is 0.